The Kier molecular flexibility index (Phi) is 3.49. The van der Waals surface area contributed by atoms with E-state index in [1.165, 1.54) is 0 Å². The Labute approximate surface area is 56.4 Å². The van der Waals surface area contributed by atoms with Crippen molar-refractivity contribution in [2.75, 3.05) is 5.75 Å². The lowest BCUT2D eigenvalue weighted by Gasteiger charge is -2.18. The fraction of sp³-hybridized carbons (Fsp3) is 1.00. The van der Waals surface area contributed by atoms with Gasteiger partial charge in [0.1, 0.15) is 0 Å². The first-order chi connectivity index (χ1) is 3.56. The Hall–Kier alpha value is 0.310. The standard InChI is InChI=1S/C6H15NS/c1-5-8-7-6(2,3)4/h7H,5H2,1-4H3. The summed E-state index contributed by atoms with van der Waals surface area (Å²) in [7, 11) is 0. The first kappa shape index (κ1) is 8.31. The molecule has 0 aliphatic carbocycles. The molecule has 0 saturated carbocycles. The highest BCUT2D eigenvalue weighted by molar-refractivity contribution is 7.97. The normalized spacial score (nSPS) is 12.0. The fourth-order valence-electron chi connectivity index (χ4n) is 0.289. The molecule has 0 heterocycles. The summed E-state index contributed by atoms with van der Waals surface area (Å²) in [4.78, 5) is 0. The maximum Gasteiger partial charge on any atom is 0.0198 e. The van der Waals surface area contributed by atoms with Gasteiger partial charge in [0, 0.05) is 11.3 Å². The SMILES string of the molecule is CCSNC(C)(C)C. The summed E-state index contributed by atoms with van der Waals surface area (Å²) in [5.74, 6) is 1.14. The van der Waals surface area contributed by atoms with Crippen LogP contribution in [0.25, 0.3) is 0 Å². The smallest absolute Gasteiger partial charge is 0.0198 e. The van der Waals surface area contributed by atoms with Crippen LogP contribution in [0.4, 0.5) is 0 Å². The number of nitrogens with one attached hydrogen (secondary N) is 1. The summed E-state index contributed by atoms with van der Waals surface area (Å²) in [6, 6.07) is 0. The third-order valence-corrected chi connectivity index (χ3v) is 1.57. The molecule has 0 aromatic rings. The molecule has 8 heavy (non-hydrogen) atoms. The van der Waals surface area contributed by atoms with Crippen LogP contribution in [0, 0.1) is 0 Å². The van der Waals surface area contributed by atoms with E-state index in [2.05, 4.69) is 32.4 Å². The monoisotopic (exact) mass is 133 g/mol. The van der Waals surface area contributed by atoms with Gasteiger partial charge < -0.3 is 0 Å². The van der Waals surface area contributed by atoms with Gasteiger partial charge in [-0.2, -0.15) is 0 Å². The van der Waals surface area contributed by atoms with Crippen LogP contribution in [0.15, 0.2) is 0 Å². The first-order valence-electron chi connectivity index (χ1n) is 2.95. The summed E-state index contributed by atoms with van der Waals surface area (Å²) in [6.45, 7) is 8.63. The van der Waals surface area contributed by atoms with Gasteiger partial charge in [0.25, 0.3) is 0 Å². The van der Waals surface area contributed by atoms with Crippen molar-refractivity contribution in [3.05, 3.63) is 0 Å². The average molecular weight is 133 g/mol. The van der Waals surface area contributed by atoms with Crippen LogP contribution in [0.1, 0.15) is 27.7 Å². The van der Waals surface area contributed by atoms with E-state index in [0.29, 0.717) is 0 Å². The van der Waals surface area contributed by atoms with Gasteiger partial charge in [-0.25, -0.2) is 0 Å². The van der Waals surface area contributed by atoms with Gasteiger partial charge in [0.2, 0.25) is 0 Å². The molecule has 0 fully saturated rings. The minimum absolute atomic E-state index is 0.265. The number of hydrogen-bond acceptors (Lipinski definition) is 2. The molecule has 0 aromatic heterocycles. The quantitative estimate of drug-likeness (QED) is 0.578. The van der Waals surface area contributed by atoms with Crippen LogP contribution in [0.2, 0.25) is 0 Å². The minimum Gasteiger partial charge on any atom is -0.259 e. The summed E-state index contributed by atoms with van der Waals surface area (Å²) in [6.07, 6.45) is 0. The molecule has 50 valence electrons. The molecule has 0 aliphatic rings. The van der Waals surface area contributed by atoms with Gasteiger partial charge in [-0.1, -0.05) is 18.9 Å². The van der Waals surface area contributed by atoms with Crippen LogP contribution < -0.4 is 4.72 Å². The molecule has 0 radical (unpaired) electrons. The lowest BCUT2D eigenvalue weighted by Crippen LogP contribution is -2.29. The Bertz CT molecular complexity index is 56.0. The van der Waals surface area contributed by atoms with Crippen molar-refractivity contribution in [3.63, 3.8) is 0 Å². The molecule has 0 atom stereocenters. The first-order valence-corrected chi connectivity index (χ1v) is 3.94. The minimum atomic E-state index is 0.265. The van der Waals surface area contributed by atoms with Crippen molar-refractivity contribution in [2.45, 2.75) is 33.2 Å². The maximum absolute atomic E-state index is 3.29. The van der Waals surface area contributed by atoms with E-state index in [9.17, 15) is 0 Å². The average Bonchev–Trinajstić information content (AvgIpc) is 1.59. The van der Waals surface area contributed by atoms with Gasteiger partial charge in [0.05, 0.1) is 0 Å². The van der Waals surface area contributed by atoms with Gasteiger partial charge in [-0.3, -0.25) is 4.72 Å². The molecule has 1 N–H and O–H groups in total. The third-order valence-electron chi connectivity index (χ3n) is 0.523. The highest BCUT2D eigenvalue weighted by Crippen LogP contribution is 2.04. The van der Waals surface area contributed by atoms with Gasteiger partial charge in [-0.15, -0.1) is 0 Å². The van der Waals surface area contributed by atoms with E-state index in [-0.39, 0.29) is 5.54 Å². The van der Waals surface area contributed by atoms with E-state index >= 15 is 0 Å². The highest BCUT2D eigenvalue weighted by atomic mass is 32.2. The molecule has 0 saturated heterocycles. The highest BCUT2D eigenvalue weighted by Gasteiger charge is 2.06. The van der Waals surface area contributed by atoms with Crippen molar-refractivity contribution in [1.29, 1.82) is 0 Å². The van der Waals surface area contributed by atoms with E-state index < -0.39 is 0 Å². The zero-order valence-electron chi connectivity index (χ0n) is 6.12. The molecule has 2 heteroatoms. The topological polar surface area (TPSA) is 12.0 Å². The molecule has 0 rings (SSSR count). The number of rotatable bonds is 2. The fourth-order valence-corrected chi connectivity index (χ4v) is 0.866. The molecule has 0 aliphatic heterocycles. The molecular weight excluding hydrogens is 118 g/mol. The molecule has 0 aromatic carbocycles. The maximum atomic E-state index is 3.29. The largest absolute Gasteiger partial charge is 0.259 e. The van der Waals surface area contributed by atoms with E-state index in [0.717, 1.165) is 5.75 Å². The Morgan fingerprint density at radius 2 is 1.88 bits per heavy atom. The molecule has 0 spiro atoms. The number of hydrogen-bond donors (Lipinski definition) is 1. The van der Waals surface area contributed by atoms with E-state index in [1.807, 2.05) is 0 Å². The Morgan fingerprint density at radius 1 is 1.38 bits per heavy atom. The second kappa shape index (κ2) is 3.36. The van der Waals surface area contributed by atoms with Crippen LogP contribution in [0.3, 0.4) is 0 Å². The van der Waals surface area contributed by atoms with E-state index in [4.69, 9.17) is 0 Å². The van der Waals surface area contributed by atoms with Crippen LogP contribution in [-0.2, 0) is 0 Å². The summed E-state index contributed by atoms with van der Waals surface area (Å²) < 4.78 is 3.29. The zero-order chi connectivity index (χ0) is 6.62. The van der Waals surface area contributed by atoms with Crippen molar-refractivity contribution in [3.8, 4) is 0 Å². The molecule has 0 unspecified atom stereocenters. The third kappa shape index (κ3) is 6.31. The predicted octanol–water partition coefficient (Wildman–Crippen LogP) is 2.04. The van der Waals surface area contributed by atoms with Crippen molar-refractivity contribution in [2.24, 2.45) is 0 Å². The summed E-state index contributed by atoms with van der Waals surface area (Å²) >= 11 is 1.77. The molecule has 0 amide bonds. The van der Waals surface area contributed by atoms with Crippen molar-refractivity contribution >= 4 is 11.9 Å². The summed E-state index contributed by atoms with van der Waals surface area (Å²) in [5, 5.41) is 0. The molecule has 0 bridgehead atoms. The molecular formula is C6H15NS. The predicted molar refractivity (Wildman–Crippen MR) is 41.0 cm³/mol. The second-order valence-electron chi connectivity index (χ2n) is 2.79. The second-order valence-corrected chi connectivity index (χ2v) is 3.86. The van der Waals surface area contributed by atoms with E-state index in [1.54, 1.807) is 11.9 Å². The summed E-state index contributed by atoms with van der Waals surface area (Å²) in [5.41, 5.74) is 0.265. The van der Waals surface area contributed by atoms with Crippen molar-refractivity contribution in [1.82, 2.24) is 4.72 Å². The van der Waals surface area contributed by atoms with Crippen LogP contribution in [0.5, 0.6) is 0 Å². The van der Waals surface area contributed by atoms with Gasteiger partial charge in [0.15, 0.2) is 0 Å². The molecule has 1 nitrogen and oxygen atoms in total. The Balaban J connectivity index is 3.11. The lowest BCUT2D eigenvalue weighted by molar-refractivity contribution is 0.535. The zero-order valence-corrected chi connectivity index (χ0v) is 6.93. The van der Waals surface area contributed by atoms with Crippen LogP contribution >= 0.6 is 11.9 Å². The van der Waals surface area contributed by atoms with Crippen LogP contribution in [-0.4, -0.2) is 11.3 Å². The van der Waals surface area contributed by atoms with Gasteiger partial charge >= 0.3 is 0 Å². The van der Waals surface area contributed by atoms with Crippen molar-refractivity contribution < 1.29 is 0 Å². The van der Waals surface area contributed by atoms with Gasteiger partial charge in [-0.05, 0) is 20.8 Å². The lowest BCUT2D eigenvalue weighted by atomic mass is 10.1. The Morgan fingerprint density at radius 3 is 2.00 bits per heavy atom.